The number of benzene rings is 1. The molecule has 7 heteroatoms. The van der Waals surface area contributed by atoms with Gasteiger partial charge >= 0.3 is 5.97 Å². The maximum Gasteiger partial charge on any atom is 0.344 e. The zero-order valence-electron chi connectivity index (χ0n) is 10.3. The van der Waals surface area contributed by atoms with Gasteiger partial charge in [-0.2, -0.15) is 0 Å². The molecule has 0 bridgehead atoms. The summed E-state index contributed by atoms with van der Waals surface area (Å²) in [5.41, 5.74) is -0.703. The number of aliphatic hydroxyl groups is 2. The summed E-state index contributed by atoms with van der Waals surface area (Å²) in [7, 11) is 0. The number of nitrogens with one attached hydrogen (secondary N) is 1. The van der Waals surface area contributed by atoms with Crippen LogP contribution in [0.3, 0.4) is 0 Å². The molecule has 0 saturated heterocycles. The van der Waals surface area contributed by atoms with Crippen LogP contribution in [0.2, 0.25) is 0 Å². The molecule has 1 aromatic carbocycles. The van der Waals surface area contributed by atoms with Gasteiger partial charge in [-0.1, -0.05) is 0 Å². The third-order valence-corrected chi connectivity index (χ3v) is 2.27. The summed E-state index contributed by atoms with van der Waals surface area (Å²) in [6, 6.07) is 1.83. The molecule has 0 spiro atoms. The summed E-state index contributed by atoms with van der Waals surface area (Å²) in [4.78, 5) is 11.3. The fourth-order valence-electron chi connectivity index (χ4n) is 1.37. The highest BCUT2D eigenvalue weighted by Crippen LogP contribution is 2.19. The van der Waals surface area contributed by atoms with E-state index in [-0.39, 0.29) is 18.8 Å². The second-order valence-corrected chi connectivity index (χ2v) is 3.75. The van der Waals surface area contributed by atoms with Crippen LogP contribution in [0.1, 0.15) is 17.3 Å². The Morgan fingerprint density at radius 1 is 1.42 bits per heavy atom. The molecule has 0 amide bonds. The summed E-state index contributed by atoms with van der Waals surface area (Å²) < 4.78 is 31.7. The van der Waals surface area contributed by atoms with Gasteiger partial charge in [-0.05, 0) is 19.1 Å². The summed E-state index contributed by atoms with van der Waals surface area (Å²) >= 11 is 0. The Bertz CT molecular complexity index is 430. The minimum atomic E-state index is -1.07. The van der Waals surface area contributed by atoms with Gasteiger partial charge in [0.25, 0.3) is 0 Å². The van der Waals surface area contributed by atoms with Gasteiger partial charge in [0.2, 0.25) is 0 Å². The lowest BCUT2D eigenvalue weighted by Crippen LogP contribution is -2.23. The van der Waals surface area contributed by atoms with Crippen LogP contribution in [0, 0.1) is 11.6 Å². The van der Waals surface area contributed by atoms with E-state index >= 15 is 0 Å². The third-order valence-electron chi connectivity index (χ3n) is 2.27. The standard InChI is InChI=1S/C12H15F2NO4/c1-2-19-12(18)11-9(13)3-7(4-10(11)14)15-5-8(17)6-16/h3-4,8,15-17H,2,5-6H2,1H3. The van der Waals surface area contributed by atoms with E-state index in [0.29, 0.717) is 0 Å². The van der Waals surface area contributed by atoms with E-state index in [9.17, 15) is 13.6 Å². The number of halogens is 2. The first-order valence-electron chi connectivity index (χ1n) is 5.68. The summed E-state index contributed by atoms with van der Waals surface area (Å²) in [6.45, 7) is 0.993. The van der Waals surface area contributed by atoms with E-state index in [4.69, 9.17) is 10.2 Å². The lowest BCUT2D eigenvalue weighted by molar-refractivity contribution is 0.0515. The Hall–Kier alpha value is -1.73. The van der Waals surface area contributed by atoms with Crippen molar-refractivity contribution in [3.8, 4) is 0 Å². The molecule has 5 nitrogen and oxygen atoms in total. The first-order chi connectivity index (χ1) is 8.99. The SMILES string of the molecule is CCOC(=O)c1c(F)cc(NCC(O)CO)cc1F. The second-order valence-electron chi connectivity index (χ2n) is 3.75. The molecule has 0 aromatic heterocycles. The van der Waals surface area contributed by atoms with Crippen LogP contribution in [-0.4, -0.2) is 42.0 Å². The van der Waals surface area contributed by atoms with Crippen molar-refractivity contribution < 1.29 is 28.5 Å². The minimum Gasteiger partial charge on any atom is -0.462 e. The van der Waals surface area contributed by atoms with Gasteiger partial charge < -0.3 is 20.3 Å². The molecule has 1 atom stereocenters. The topological polar surface area (TPSA) is 78.8 Å². The van der Waals surface area contributed by atoms with Gasteiger partial charge in [-0.15, -0.1) is 0 Å². The van der Waals surface area contributed by atoms with Gasteiger partial charge in [0.1, 0.15) is 17.2 Å². The van der Waals surface area contributed by atoms with Crippen LogP contribution >= 0.6 is 0 Å². The lowest BCUT2D eigenvalue weighted by atomic mass is 10.1. The molecule has 0 saturated carbocycles. The van der Waals surface area contributed by atoms with E-state index in [2.05, 4.69) is 10.1 Å². The molecule has 106 valence electrons. The molecular weight excluding hydrogens is 260 g/mol. The lowest BCUT2D eigenvalue weighted by Gasteiger charge is -2.12. The van der Waals surface area contributed by atoms with Crippen LogP contribution in [0.4, 0.5) is 14.5 Å². The number of carbonyl (C=O) groups is 1. The number of esters is 1. The van der Waals surface area contributed by atoms with Crippen molar-refractivity contribution in [3.05, 3.63) is 29.3 Å². The van der Waals surface area contributed by atoms with Crippen LogP contribution in [0.15, 0.2) is 12.1 Å². The average molecular weight is 275 g/mol. The quantitative estimate of drug-likeness (QED) is 0.672. The van der Waals surface area contributed by atoms with Gasteiger partial charge in [-0.25, -0.2) is 13.6 Å². The van der Waals surface area contributed by atoms with Gasteiger partial charge in [0.15, 0.2) is 0 Å². The Kier molecular flexibility index (Phi) is 5.65. The number of hydrogen-bond acceptors (Lipinski definition) is 5. The molecule has 1 rings (SSSR count). The minimum absolute atomic E-state index is 0.0143. The highest BCUT2D eigenvalue weighted by Gasteiger charge is 2.19. The Balaban J connectivity index is 2.87. The molecular formula is C12H15F2NO4. The van der Waals surface area contributed by atoms with E-state index < -0.39 is 35.9 Å². The average Bonchev–Trinajstić information content (AvgIpc) is 2.35. The summed E-state index contributed by atoms with van der Waals surface area (Å²) in [5.74, 6) is -3.18. The molecule has 0 heterocycles. The van der Waals surface area contributed by atoms with E-state index in [1.54, 1.807) is 0 Å². The predicted molar refractivity (Wildman–Crippen MR) is 63.9 cm³/mol. The number of ether oxygens (including phenoxy) is 1. The molecule has 0 aliphatic rings. The van der Waals surface area contributed by atoms with Gasteiger partial charge in [0.05, 0.1) is 19.3 Å². The number of anilines is 1. The zero-order chi connectivity index (χ0) is 14.4. The Morgan fingerprint density at radius 3 is 2.47 bits per heavy atom. The summed E-state index contributed by atoms with van der Waals surface area (Å²) in [5, 5.41) is 20.2. The van der Waals surface area contributed by atoms with Crippen molar-refractivity contribution in [3.63, 3.8) is 0 Å². The fourth-order valence-corrected chi connectivity index (χ4v) is 1.37. The first-order valence-corrected chi connectivity index (χ1v) is 5.68. The monoisotopic (exact) mass is 275 g/mol. The van der Waals surface area contributed by atoms with E-state index in [1.807, 2.05) is 0 Å². The number of aliphatic hydroxyl groups excluding tert-OH is 2. The highest BCUT2D eigenvalue weighted by molar-refractivity contribution is 5.90. The van der Waals surface area contributed by atoms with Crippen molar-refractivity contribution in [1.82, 2.24) is 0 Å². The highest BCUT2D eigenvalue weighted by atomic mass is 19.1. The molecule has 1 aromatic rings. The smallest absolute Gasteiger partial charge is 0.344 e. The Labute approximate surface area is 108 Å². The van der Waals surface area contributed by atoms with Crippen molar-refractivity contribution in [2.24, 2.45) is 0 Å². The second kappa shape index (κ2) is 7.01. The molecule has 19 heavy (non-hydrogen) atoms. The van der Waals surface area contributed by atoms with Crippen LogP contribution in [0.25, 0.3) is 0 Å². The van der Waals surface area contributed by atoms with Crippen LogP contribution in [0.5, 0.6) is 0 Å². The van der Waals surface area contributed by atoms with E-state index in [0.717, 1.165) is 12.1 Å². The zero-order valence-corrected chi connectivity index (χ0v) is 10.3. The third kappa shape index (κ3) is 4.15. The summed E-state index contributed by atoms with van der Waals surface area (Å²) in [6.07, 6.45) is -1.05. The molecule has 3 N–H and O–H groups in total. The maximum atomic E-state index is 13.6. The van der Waals surface area contributed by atoms with Crippen LogP contribution in [-0.2, 0) is 4.74 Å². The number of carbonyl (C=O) groups excluding carboxylic acids is 1. The molecule has 0 aliphatic heterocycles. The van der Waals surface area contributed by atoms with Crippen molar-refractivity contribution in [1.29, 1.82) is 0 Å². The Morgan fingerprint density at radius 2 is 2.00 bits per heavy atom. The molecule has 0 radical (unpaired) electrons. The van der Waals surface area contributed by atoms with Crippen molar-refractivity contribution >= 4 is 11.7 Å². The predicted octanol–water partition coefficient (Wildman–Crippen LogP) is 0.907. The van der Waals surface area contributed by atoms with Gasteiger partial charge in [0, 0.05) is 12.2 Å². The first kappa shape index (κ1) is 15.3. The fraction of sp³-hybridized carbons (Fsp3) is 0.417. The molecule has 0 fully saturated rings. The van der Waals surface area contributed by atoms with Crippen molar-refractivity contribution in [2.45, 2.75) is 13.0 Å². The molecule has 1 unspecified atom stereocenters. The maximum absolute atomic E-state index is 13.6. The van der Waals surface area contributed by atoms with Crippen molar-refractivity contribution in [2.75, 3.05) is 25.1 Å². The number of hydrogen-bond donors (Lipinski definition) is 3. The van der Waals surface area contributed by atoms with Crippen LogP contribution < -0.4 is 5.32 Å². The molecule has 0 aliphatic carbocycles. The van der Waals surface area contributed by atoms with E-state index in [1.165, 1.54) is 6.92 Å². The van der Waals surface area contributed by atoms with Gasteiger partial charge in [-0.3, -0.25) is 0 Å². The normalized spacial score (nSPS) is 12.1. The number of rotatable bonds is 6. The largest absolute Gasteiger partial charge is 0.462 e.